The summed E-state index contributed by atoms with van der Waals surface area (Å²) in [5, 5.41) is 9.06. The number of aliphatic carboxylic acids is 1. The van der Waals surface area contributed by atoms with E-state index in [9.17, 15) is 9.59 Å². The van der Waals surface area contributed by atoms with E-state index >= 15 is 0 Å². The van der Waals surface area contributed by atoms with E-state index in [1.54, 1.807) is 6.92 Å². The highest BCUT2D eigenvalue weighted by Crippen LogP contribution is 2.21. The van der Waals surface area contributed by atoms with Crippen molar-refractivity contribution in [2.75, 3.05) is 51.4 Å². The molecule has 0 spiro atoms. The first-order valence-corrected chi connectivity index (χ1v) is 11.2. The summed E-state index contributed by atoms with van der Waals surface area (Å²) in [5.41, 5.74) is 2.02. The van der Waals surface area contributed by atoms with Gasteiger partial charge in [0.15, 0.2) is 6.10 Å². The zero-order valence-corrected chi connectivity index (χ0v) is 19.2. The first kappa shape index (κ1) is 24.4. The molecule has 1 aliphatic heterocycles. The number of piperazine rings is 1. The van der Waals surface area contributed by atoms with Crippen molar-refractivity contribution in [3.8, 4) is 11.5 Å². The number of hydrogen-bond donors (Lipinski definition) is 1. The number of hydrogen-bond acceptors (Lipinski definition) is 6. The largest absolute Gasteiger partial charge is 0.493 e. The number of benzene rings is 2. The molecular formula is C25H32N2O6. The lowest BCUT2D eigenvalue weighted by atomic mass is 10.1. The molecule has 33 heavy (non-hydrogen) atoms. The van der Waals surface area contributed by atoms with Gasteiger partial charge in [-0.2, -0.15) is 0 Å². The Hall–Kier alpha value is -3.26. The molecule has 1 fully saturated rings. The molecule has 1 N–H and O–H groups in total. The van der Waals surface area contributed by atoms with Crippen molar-refractivity contribution in [2.24, 2.45) is 0 Å². The maximum atomic E-state index is 11.5. The first-order valence-electron chi connectivity index (χ1n) is 11.2. The van der Waals surface area contributed by atoms with Crippen molar-refractivity contribution in [2.45, 2.75) is 25.9 Å². The Morgan fingerprint density at radius 2 is 1.45 bits per heavy atom. The van der Waals surface area contributed by atoms with Crippen LogP contribution >= 0.6 is 0 Å². The number of carbonyl (C=O) groups is 2. The first-order chi connectivity index (χ1) is 16.0. The van der Waals surface area contributed by atoms with Crippen molar-refractivity contribution in [3.05, 3.63) is 54.1 Å². The van der Waals surface area contributed by atoms with E-state index < -0.39 is 12.1 Å². The number of carboxylic acid groups (broad SMARTS) is 1. The standard InChI is InChI=1S/C25H32N2O6/c1-19(28)26-12-14-27(15-13-26)21-6-10-23(11-7-21)33-17-3-16-32-22-8-4-20(5-9-22)18-24(31-2)25(29)30/h4-11,24H,3,12-18H2,1-2H3,(H,29,30)/t24-/m0/s1. The third-order valence-electron chi connectivity index (χ3n) is 5.66. The van der Waals surface area contributed by atoms with E-state index in [2.05, 4.69) is 17.0 Å². The zero-order valence-electron chi connectivity index (χ0n) is 19.2. The van der Waals surface area contributed by atoms with Crippen LogP contribution in [0.15, 0.2) is 48.5 Å². The van der Waals surface area contributed by atoms with E-state index in [-0.39, 0.29) is 5.91 Å². The minimum Gasteiger partial charge on any atom is -0.493 e. The van der Waals surface area contributed by atoms with Crippen LogP contribution in [-0.4, -0.2) is 74.5 Å². The molecule has 2 aromatic carbocycles. The van der Waals surface area contributed by atoms with Crippen LogP contribution in [-0.2, 0) is 20.7 Å². The Balaban J connectivity index is 1.34. The number of rotatable bonds is 11. The number of ether oxygens (including phenoxy) is 3. The second kappa shape index (κ2) is 12.1. The molecule has 0 aromatic heterocycles. The molecule has 1 heterocycles. The SMILES string of the molecule is CO[C@@H](Cc1ccc(OCCCOc2ccc(N3CCN(C(C)=O)CC3)cc2)cc1)C(=O)O. The fourth-order valence-electron chi connectivity index (χ4n) is 3.68. The quantitative estimate of drug-likeness (QED) is 0.520. The Kier molecular flexibility index (Phi) is 8.95. The summed E-state index contributed by atoms with van der Waals surface area (Å²) in [6, 6.07) is 15.4. The lowest BCUT2D eigenvalue weighted by Gasteiger charge is -2.35. The van der Waals surface area contributed by atoms with Gasteiger partial charge in [-0.05, 0) is 42.0 Å². The summed E-state index contributed by atoms with van der Waals surface area (Å²) in [6.07, 6.45) is 0.203. The predicted octanol–water partition coefficient (Wildman–Crippen LogP) is 2.85. The summed E-state index contributed by atoms with van der Waals surface area (Å²) in [7, 11) is 1.39. The number of amides is 1. The fraction of sp³-hybridized carbons (Fsp3) is 0.440. The average Bonchev–Trinajstić information content (AvgIpc) is 2.83. The van der Waals surface area contributed by atoms with Gasteiger partial charge in [0, 0.05) is 58.7 Å². The summed E-state index contributed by atoms with van der Waals surface area (Å²) in [6.45, 7) is 5.87. The van der Waals surface area contributed by atoms with Crippen molar-refractivity contribution in [1.29, 1.82) is 0 Å². The number of methoxy groups -OCH3 is 1. The van der Waals surface area contributed by atoms with Gasteiger partial charge < -0.3 is 29.1 Å². The monoisotopic (exact) mass is 456 g/mol. The topological polar surface area (TPSA) is 88.5 Å². The van der Waals surface area contributed by atoms with Gasteiger partial charge in [0.05, 0.1) is 13.2 Å². The molecular weight excluding hydrogens is 424 g/mol. The minimum atomic E-state index is -0.972. The Morgan fingerprint density at radius 3 is 1.94 bits per heavy atom. The second-order valence-corrected chi connectivity index (χ2v) is 7.95. The molecule has 1 saturated heterocycles. The fourth-order valence-corrected chi connectivity index (χ4v) is 3.68. The van der Waals surface area contributed by atoms with Crippen molar-refractivity contribution < 1.29 is 28.9 Å². The molecule has 0 bridgehead atoms. The van der Waals surface area contributed by atoms with Crippen molar-refractivity contribution >= 4 is 17.6 Å². The molecule has 0 radical (unpaired) electrons. The van der Waals surface area contributed by atoms with Gasteiger partial charge in [0.1, 0.15) is 11.5 Å². The zero-order chi connectivity index (χ0) is 23.6. The number of carbonyl (C=O) groups excluding carboxylic acids is 1. The van der Waals surface area contributed by atoms with Crippen LogP contribution in [0.1, 0.15) is 18.9 Å². The molecule has 1 aliphatic rings. The molecule has 0 aliphatic carbocycles. The van der Waals surface area contributed by atoms with Crippen LogP contribution in [0.25, 0.3) is 0 Å². The Morgan fingerprint density at radius 1 is 0.909 bits per heavy atom. The minimum absolute atomic E-state index is 0.135. The van der Waals surface area contributed by atoms with E-state index in [1.165, 1.54) is 7.11 Å². The van der Waals surface area contributed by atoms with Gasteiger partial charge in [-0.3, -0.25) is 4.79 Å². The molecule has 1 atom stereocenters. The van der Waals surface area contributed by atoms with E-state index in [0.717, 1.165) is 55.3 Å². The lowest BCUT2D eigenvalue weighted by Crippen LogP contribution is -2.48. The molecule has 8 heteroatoms. The number of carboxylic acids is 1. The van der Waals surface area contributed by atoms with Gasteiger partial charge in [0.25, 0.3) is 0 Å². The molecule has 1 amide bonds. The number of nitrogens with zero attached hydrogens (tertiary/aromatic N) is 2. The molecule has 0 saturated carbocycles. The van der Waals surface area contributed by atoms with Crippen LogP contribution in [0, 0.1) is 0 Å². The molecule has 8 nitrogen and oxygen atoms in total. The molecule has 178 valence electrons. The smallest absolute Gasteiger partial charge is 0.333 e. The van der Waals surface area contributed by atoms with Gasteiger partial charge in [-0.15, -0.1) is 0 Å². The summed E-state index contributed by atoms with van der Waals surface area (Å²) in [4.78, 5) is 26.7. The third kappa shape index (κ3) is 7.39. The maximum Gasteiger partial charge on any atom is 0.333 e. The molecule has 3 rings (SSSR count). The lowest BCUT2D eigenvalue weighted by molar-refractivity contribution is -0.148. The van der Waals surface area contributed by atoms with E-state index in [1.807, 2.05) is 41.3 Å². The van der Waals surface area contributed by atoms with Crippen LogP contribution in [0.5, 0.6) is 11.5 Å². The average molecular weight is 457 g/mol. The van der Waals surface area contributed by atoms with Crippen molar-refractivity contribution in [3.63, 3.8) is 0 Å². The molecule has 2 aromatic rings. The summed E-state index contributed by atoms with van der Waals surface area (Å²) >= 11 is 0. The highest BCUT2D eigenvalue weighted by atomic mass is 16.5. The number of anilines is 1. The molecule has 0 unspecified atom stereocenters. The maximum absolute atomic E-state index is 11.5. The second-order valence-electron chi connectivity index (χ2n) is 7.95. The summed E-state index contributed by atoms with van der Waals surface area (Å²) in [5.74, 6) is 0.712. The van der Waals surface area contributed by atoms with E-state index in [0.29, 0.717) is 19.6 Å². The van der Waals surface area contributed by atoms with Gasteiger partial charge in [-0.25, -0.2) is 4.79 Å². The Bertz CT molecular complexity index is 892. The predicted molar refractivity (Wildman–Crippen MR) is 125 cm³/mol. The normalized spacial score (nSPS) is 14.6. The summed E-state index contributed by atoms with van der Waals surface area (Å²) < 4.78 is 16.5. The third-order valence-corrected chi connectivity index (χ3v) is 5.66. The Labute approximate surface area is 194 Å². The highest BCUT2D eigenvalue weighted by Gasteiger charge is 2.19. The van der Waals surface area contributed by atoms with Crippen LogP contribution in [0.4, 0.5) is 5.69 Å². The van der Waals surface area contributed by atoms with Gasteiger partial charge >= 0.3 is 5.97 Å². The van der Waals surface area contributed by atoms with Gasteiger partial charge in [-0.1, -0.05) is 12.1 Å². The highest BCUT2D eigenvalue weighted by molar-refractivity contribution is 5.73. The van der Waals surface area contributed by atoms with Crippen LogP contribution < -0.4 is 14.4 Å². The van der Waals surface area contributed by atoms with Crippen molar-refractivity contribution in [1.82, 2.24) is 4.90 Å². The van der Waals surface area contributed by atoms with Crippen LogP contribution in [0.2, 0.25) is 0 Å². The van der Waals surface area contributed by atoms with Gasteiger partial charge in [0.2, 0.25) is 5.91 Å². The van der Waals surface area contributed by atoms with Crippen LogP contribution in [0.3, 0.4) is 0 Å². The van der Waals surface area contributed by atoms with E-state index in [4.69, 9.17) is 19.3 Å².